The Morgan fingerprint density at radius 3 is 2.50 bits per heavy atom. The van der Waals surface area contributed by atoms with Crippen molar-refractivity contribution >= 4 is 27.5 Å². The maximum atomic E-state index is 12.3. The van der Waals surface area contributed by atoms with E-state index in [4.69, 9.17) is 5.73 Å². The van der Waals surface area contributed by atoms with Gasteiger partial charge in [0.15, 0.2) is 0 Å². The summed E-state index contributed by atoms with van der Waals surface area (Å²) in [5, 5.41) is 9.24. The number of hydrogen-bond acceptors (Lipinski definition) is 3. The number of nitrogens with zero attached hydrogens (tertiary/aromatic N) is 1. The zero-order valence-corrected chi connectivity index (χ0v) is 12.6. The van der Waals surface area contributed by atoms with Crippen LogP contribution in [0.4, 0.5) is 5.69 Å². The molecule has 0 heterocycles. The highest BCUT2D eigenvalue weighted by Crippen LogP contribution is 2.21. The number of rotatable bonds is 3. The number of phenols is 1. The third-order valence-electron chi connectivity index (χ3n) is 2.95. The summed E-state index contributed by atoms with van der Waals surface area (Å²) >= 11 is 3.30. The van der Waals surface area contributed by atoms with Crippen LogP contribution in [0.5, 0.6) is 5.75 Å². The molecular weight excluding hydrogens is 320 g/mol. The van der Waals surface area contributed by atoms with Crippen molar-refractivity contribution in [2.24, 2.45) is 0 Å². The van der Waals surface area contributed by atoms with Crippen molar-refractivity contribution < 1.29 is 9.90 Å². The lowest BCUT2D eigenvalue weighted by Crippen LogP contribution is -2.26. The number of nitrogens with two attached hydrogens (primary N) is 1. The average Bonchev–Trinajstić information content (AvgIpc) is 2.43. The lowest BCUT2D eigenvalue weighted by atomic mass is 10.1. The Morgan fingerprint density at radius 1 is 1.25 bits per heavy atom. The van der Waals surface area contributed by atoms with Gasteiger partial charge in [0, 0.05) is 29.3 Å². The summed E-state index contributed by atoms with van der Waals surface area (Å²) in [5.41, 5.74) is 7.81. The second-order valence-corrected chi connectivity index (χ2v) is 5.42. The number of amides is 1. The Morgan fingerprint density at radius 2 is 1.90 bits per heavy atom. The van der Waals surface area contributed by atoms with Crippen LogP contribution < -0.4 is 5.73 Å². The van der Waals surface area contributed by atoms with Crippen molar-refractivity contribution in [3.8, 4) is 5.75 Å². The number of nitrogen functional groups attached to an aromatic ring is 1. The van der Waals surface area contributed by atoms with E-state index in [0.717, 1.165) is 10.0 Å². The van der Waals surface area contributed by atoms with Crippen LogP contribution in [0.3, 0.4) is 0 Å². The number of aromatic hydroxyl groups is 1. The van der Waals surface area contributed by atoms with Crippen molar-refractivity contribution in [3.63, 3.8) is 0 Å². The summed E-state index contributed by atoms with van der Waals surface area (Å²) in [6, 6.07) is 11.9. The van der Waals surface area contributed by atoms with Gasteiger partial charge < -0.3 is 15.7 Å². The number of carbonyl (C=O) groups is 1. The van der Waals surface area contributed by atoms with Gasteiger partial charge in [-0.3, -0.25) is 4.79 Å². The Bertz CT molecular complexity index is 626. The lowest BCUT2D eigenvalue weighted by molar-refractivity contribution is 0.0785. The summed E-state index contributed by atoms with van der Waals surface area (Å²) < 4.78 is 0.773. The summed E-state index contributed by atoms with van der Waals surface area (Å²) in [6.07, 6.45) is 0. The van der Waals surface area contributed by atoms with Crippen LogP contribution in [0.15, 0.2) is 46.9 Å². The molecule has 3 N–H and O–H groups in total. The van der Waals surface area contributed by atoms with Gasteiger partial charge in [-0.05, 0) is 51.8 Å². The molecule has 104 valence electrons. The summed E-state index contributed by atoms with van der Waals surface area (Å²) in [5.74, 6) is 0.112. The minimum atomic E-state index is -0.0997. The van der Waals surface area contributed by atoms with E-state index >= 15 is 0 Å². The molecule has 0 aliphatic rings. The second kappa shape index (κ2) is 5.96. The Balaban J connectivity index is 2.11. The van der Waals surface area contributed by atoms with Gasteiger partial charge in [-0.2, -0.15) is 0 Å². The monoisotopic (exact) mass is 334 g/mol. The van der Waals surface area contributed by atoms with Crippen molar-refractivity contribution in [1.29, 1.82) is 0 Å². The molecule has 1 amide bonds. The van der Waals surface area contributed by atoms with Crippen LogP contribution in [0, 0.1) is 0 Å². The fourth-order valence-corrected chi connectivity index (χ4v) is 2.09. The molecule has 0 radical (unpaired) electrons. The Labute approximate surface area is 126 Å². The van der Waals surface area contributed by atoms with Crippen molar-refractivity contribution in [2.75, 3.05) is 12.8 Å². The molecule has 5 heteroatoms. The van der Waals surface area contributed by atoms with E-state index in [1.165, 1.54) is 0 Å². The average molecular weight is 335 g/mol. The van der Waals surface area contributed by atoms with Gasteiger partial charge in [0.1, 0.15) is 5.75 Å². The minimum Gasteiger partial charge on any atom is -0.508 e. The van der Waals surface area contributed by atoms with E-state index in [9.17, 15) is 9.90 Å². The van der Waals surface area contributed by atoms with E-state index < -0.39 is 0 Å². The van der Waals surface area contributed by atoms with E-state index in [2.05, 4.69) is 15.9 Å². The topological polar surface area (TPSA) is 66.6 Å². The molecule has 0 fully saturated rings. The highest BCUT2D eigenvalue weighted by molar-refractivity contribution is 9.10. The molecule has 0 atom stereocenters. The third-order valence-corrected chi connectivity index (χ3v) is 3.67. The molecule has 0 spiro atoms. The lowest BCUT2D eigenvalue weighted by Gasteiger charge is -2.17. The molecule has 0 aliphatic carbocycles. The molecular formula is C15H15BrN2O2. The molecule has 0 saturated carbocycles. The Kier molecular flexibility index (Phi) is 4.29. The Hall–Kier alpha value is -2.01. The maximum Gasteiger partial charge on any atom is 0.253 e. The quantitative estimate of drug-likeness (QED) is 0.848. The smallest absolute Gasteiger partial charge is 0.253 e. The van der Waals surface area contributed by atoms with Crippen molar-refractivity contribution in [2.45, 2.75) is 6.54 Å². The molecule has 0 unspecified atom stereocenters. The standard InChI is InChI=1S/C15H15BrN2O2/c1-18(9-10-2-5-12(19)6-3-10)15(20)11-4-7-13(16)14(17)8-11/h2-8,19H,9,17H2,1H3. The number of benzene rings is 2. The van der Waals surface area contributed by atoms with Gasteiger partial charge in [0.25, 0.3) is 5.91 Å². The fourth-order valence-electron chi connectivity index (χ4n) is 1.84. The summed E-state index contributed by atoms with van der Waals surface area (Å²) in [7, 11) is 1.73. The van der Waals surface area contributed by atoms with Crippen molar-refractivity contribution in [3.05, 3.63) is 58.1 Å². The van der Waals surface area contributed by atoms with Gasteiger partial charge in [-0.15, -0.1) is 0 Å². The predicted octanol–water partition coefficient (Wildman–Crippen LogP) is 3.01. The number of halogens is 1. The maximum absolute atomic E-state index is 12.3. The molecule has 0 bridgehead atoms. The number of phenolic OH excluding ortho intramolecular Hbond substituents is 1. The van der Waals surface area contributed by atoms with Crippen LogP contribution in [-0.2, 0) is 6.54 Å². The van der Waals surface area contributed by atoms with Gasteiger partial charge >= 0.3 is 0 Å². The SMILES string of the molecule is CN(Cc1ccc(O)cc1)C(=O)c1ccc(Br)c(N)c1. The van der Waals surface area contributed by atoms with E-state index in [1.54, 1.807) is 54.4 Å². The normalized spacial score (nSPS) is 10.3. The zero-order valence-electron chi connectivity index (χ0n) is 11.0. The third kappa shape index (κ3) is 3.30. The molecule has 2 aromatic carbocycles. The molecule has 2 aromatic rings. The molecule has 2 rings (SSSR count). The summed E-state index contributed by atoms with van der Waals surface area (Å²) in [6.45, 7) is 0.467. The largest absolute Gasteiger partial charge is 0.508 e. The van der Waals surface area contributed by atoms with Crippen LogP contribution in [-0.4, -0.2) is 23.0 Å². The van der Waals surface area contributed by atoms with E-state index in [0.29, 0.717) is 17.8 Å². The zero-order chi connectivity index (χ0) is 14.7. The number of hydrogen-bond donors (Lipinski definition) is 2. The molecule has 0 aliphatic heterocycles. The fraction of sp³-hybridized carbons (Fsp3) is 0.133. The number of anilines is 1. The second-order valence-electron chi connectivity index (χ2n) is 4.56. The molecule has 0 aromatic heterocycles. The highest BCUT2D eigenvalue weighted by atomic mass is 79.9. The first-order chi connectivity index (χ1) is 9.47. The number of carbonyl (C=O) groups excluding carboxylic acids is 1. The van der Waals surface area contributed by atoms with Crippen LogP contribution in [0.2, 0.25) is 0 Å². The van der Waals surface area contributed by atoms with Crippen LogP contribution in [0.25, 0.3) is 0 Å². The van der Waals surface area contributed by atoms with E-state index in [-0.39, 0.29) is 11.7 Å². The summed E-state index contributed by atoms with van der Waals surface area (Å²) in [4.78, 5) is 13.9. The first-order valence-corrected chi connectivity index (χ1v) is 6.85. The first kappa shape index (κ1) is 14.4. The van der Waals surface area contributed by atoms with Crippen molar-refractivity contribution in [1.82, 2.24) is 4.90 Å². The molecule has 20 heavy (non-hydrogen) atoms. The molecule has 4 nitrogen and oxygen atoms in total. The molecule has 0 saturated heterocycles. The minimum absolute atomic E-state index is 0.0997. The van der Waals surface area contributed by atoms with Crippen LogP contribution >= 0.6 is 15.9 Å². The predicted molar refractivity (Wildman–Crippen MR) is 82.5 cm³/mol. The van der Waals surface area contributed by atoms with Gasteiger partial charge in [-0.25, -0.2) is 0 Å². The van der Waals surface area contributed by atoms with Gasteiger partial charge in [0.05, 0.1) is 0 Å². The van der Waals surface area contributed by atoms with Crippen LogP contribution in [0.1, 0.15) is 15.9 Å². The highest BCUT2D eigenvalue weighted by Gasteiger charge is 2.13. The van der Waals surface area contributed by atoms with Gasteiger partial charge in [-0.1, -0.05) is 12.1 Å². The van der Waals surface area contributed by atoms with E-state index in [1.807, 2.05) is 0 Å². The first-order valence-electron chi connectivity index (χ1n) is 6.06. The van der Waals surface area contributed by atoms with Gasteiger partial charge in [0.2, 0.25) is 0 Å².